The molecule has 1 aromatic carbocycles. The van der Waals surface area contributed by atoms with Gasteiger partial charge >= 0.3 is 0 Å². The maximum Gasteiger partial charge on any atom is 0.131 e. The molecule has 2 aromatic rings. The molecule has 0 unspecified atom stereocenters. The minimum atomic E-state index is 0.585. The predicted octanol–water partition coefficient (Wildman–Crippen LogP) is 3.67. The first kappa shape index (κ1) is 12.3. The molecule has 0 spiro atoms. The number of nitrogens with zero attached hydrogens (tertiary/aromatic N) is 2. The number of anilines is 1. The van der Waals surface area contributed by atoms with Crippen molar-refractivity contribution in [2.75, 3.05) is 5.73 Å². The molecule has 100 valence electrons. The van der Waals surface area contributed by atoms with E-state index in [4.69, 9.17) is 5.73 Å². The summed E-state index contributed by atoms with van der Waals surface area (Å²) in [6.07, 6.45) is 5.46. The zero-order valence-electron chi connectivity index (χ0n) is 11.6. The van der Waals surface area contributed by atoms with E-state index in [1.807, 2.05) is 6.33 Å². The van der Waals surface area contributed by atoms with Crippen LogP contribution >= 0.6 is 0 Å². The smallest absolute Gasteiger partial charge is 0.131 e. The van der Waals surface area contributed by atoms with Crippen LogP contribution in [0.5, 0.6) is 0 Å². The van der Waals surface area contributed by atoms with Gasteiger partial charge in [0.15, 0.2) is 0 Å². The van der Waals surface area contributed by atoms with Crippen LogP contribution in [-0.2, 0) is 6.42 Å². The fourth-order valence-corrected chi connectivity index (χ4v) is 2.51. The van der Waals surface area contributed by atoms with E-state index in [2.05, 4.69) is 47.7 Å². The number of rotatable bonds is 4. The molecule has 1 aromatic heterocycles. The summed E-state index contributed by atoms with van der Waals surface area (Å²) in [6.45, 7) is 4.48. The fourth-order valence-electron chi connectivity index (χ4n) is 2.51. The second-order valence-electron chi connectivity index (χ2n) is 5.91. The van der Waals surface area contributed by atoms with Crippen molar-refractivity contribution < 1.29 is 0 Å². The lowest BCUT2D eigenvalue weighted by molar-refractivity contribution is 0.647. The molecule has 19 heavy (non-hydrogen) atoms. The van der Waals surface area contributed by atoms with Crippen LogP contribution in [0.25, 0.3) is 11.3 Å². The molecular formula is C16H21N3. The van der Waals surface area contributed by atoms with Crippen molar-refractivity contribution in [1.29, 1.82) is 0 Å². The molecule has 3 nitrogen and oxygen atoms in total. The molecule has 3 heteroatoms. The van der Waals surface area contributed by atoms with E-state index in [-0.39, 0.29) is 0 Å². The summed E-state index contributed by atoms with van der Waals surface area (Å²) >= 11 is 0. The lowest BCUT2D eigenvalue weighted by atomic mass is 10.0. The number of aromatic nitrogens is 2. The van der Waals surface area contributed by atoms with E-state index in [1.165, 1.54) is 18.4 Å². The molecule has 0 amide bonds. The number of hydrogen-bond acceptors (Lipinski definition) is 2. The molecule has 1 heterocycles. The Morgan fingerprint density at radius 2 is 1.95 bits per heavy atom. The van der Waals surface area contributed by atoms with E-state index in [0.29, 0.717) is 12.0 Å². The van der Waals surface area contributed by atoms with E-state index in [9.17, 15) is 0 Å². The molecule has 0 bridgehead atoms. The van der Waals surface area contributed by atoms with E-state index < -0.39 is 0 Å². The lowest BCUT2D eigenvalue weighted by Gasteiger charge is -2.07. The first-order valence-corrected chi connectivity index (χ1v) is 7.06. The van der Waals surface area contributed by atoms with Gasteiger partial charge in [-0.1, -0.05) is 38.1 Å². The Morgan fingerprint density at radius 3 is 2.53 bits per heavy atom. The topological polar surface area (TPSA) is 43.8 Å². The summed E-state index contributed by atoms with van der Waals surface area (Å²) in [5, 5.41) is 0. The van der Waals surface area contributed by atoms with Crippen molar-refractivity contribution in [3.8, 4) is 11.3 Å². The minimum Gasteiger partial charge on any atom is -0.383 e. The Bertz CT molecular complexity index is 562. The standard InChI is InChI=1S/C16H21N3/c1-11(2)9-12-3-5-13(6-4-12)15-16(17)19(10-18-15)14-7-8-14/h3-6,10-11,14H,7-9,17H2,1-2H3. The van der Waals surface area contributed by atoms with Crippen molar-refractivity contribution >= 4 is 5.82 Å². The SMILES string of the molecule is CC(C)Cc1ccc(-c2ncn(C3CC3)c2N)cc1. The third-order valence-electron chi connectivity index (χ3n) is 3.64. The number of nitrogens with two attached hydrogens (primary N) is 1. The molecule has 0 saturated heterocycles. The molecule has 1 saturated carbocycles. The molecule has 0 aliphatic heterocycles. The monoisotopic (exact) mass is 255 g/mol. The van der Waals surface area contributed by atoms with Crippen LogP contribution in [0.3, 0.4) is 0 Å². The fraction of sp³-hybridized carbons (Fsp3) is 0.438. The van der Waals surface area contributed by atoms with E-state index in [0.717, 1.165) is 23.5 Å². The van der Waals surface area contributed by atoms with Crippen molar-refractivity contribution in [1.82, 2.24) is 9.55 Å². The summed E-state index contributed by atoms with van der Waals surface area (Å²) in [5.74, 6) is 1.49. The van der Waals surface area contributed by atoms with Gasteiger partial charge in [0.1, 0.15) is 11.5 Å². The summed E-state index contributed by atoms with van der Waals surface area (Å²) in [7, 11) is 0. The normalized spacial score (nSPS) is 15.1. The van der Waals surface area contributed by atoms with Crippen LogP contribution in [-0.4, -0.2) is 9.55 Å². The number of imidazole rings is 1. The van der Waals surface area contributed by atoms with Crippen molar-refractivity contribution in [3.63, 3.8) is 0 Å². The number of benzene rings is 1. The molecule has 3 rings (SSSR count). The van der Waals surface area contributed by atoms with Gasteiger partial charge < -0.3 is 10.3 Å². The lowest BCUT2D eigenvalue weighted by Crippen LogP contribution is -1.99. The molecule has 0 radical (unpaired) electrons. The molecule has 1 aliphatic carbocycles. The molecule has 2 N–H and O–H groups in total. The van der Waals surface area contributed by atoms with Gasteiger partial charge in [-0.05, 0) is 30.7 Å². The van der Waals surface area contributed by atoms with Crippen LogP contribution in [0.1, 0.15) is 38.3 Å². The maximum absolute atomic E-state index is 6.20. The van der Waals surface area contributed by atoms with Crippen LogP contribution in [0.15, 0.2) is 30.6 Å². The van der Waals surface area contributed by atoms with Gasteiger partial charge in [0.2, 0.25) is 0 Å². The molecular weight excluding hydrogens is 234 g/mol. The van der Waals surface area contributed by atoms with E-state index in [1.54, 1.807) is 0 Å². The predicted molar refractivity (Wildman–Crippen MR) is 78.9 cm³/mol. The first-order valence-electron chi connectivity index (χ1n) is 7.06. The highest BCUT2D eigenvalue weighted by Crippen LogP contribution is 2.39. The highest BCUT2D eigenvalue weighted by atomic mass is 15.2. The van der Waals surface area contributed by atoms with Crippen molar-refractivity contribution in [3.05, 3.63) is 36.2 Å². The Morgan fingerprint density at radius 1 is 1.26 bits per heavy atom. The Hall–Kier alpha value is -1.77. The number of nitrogen functional groups attached to an aromatic ring is 1. The zero-order chi connectivity index (χ0) is 13.4. The average molecular weight is 255 g/mol. The molecule has 0 atom stereocenters. The van der Waals surface area contributed by atoms with Crippen molar-refractivity contribution in [2.45, 2.75) is 39.2 Å². The van der Waals surface area contributed by atoms with E-state index >= 15 is 0 Å². The molecule has 1 fully saturated rings. The van der Waals surface area contributed by atoms with Crippen LogP contribution < -0.4 is 5.73 Å². The Balaban J connectivity index is 1.85. The van der Waals surface area contributed by atoms with Crippen LogP contribution in [0.2, 0.25) is 0 Å². The van der Waals surface area contributed by atoms with Crippen LogP contribution in [0.4, 0.5) is 5.82 Å². The summed E-state index contributed by atoms with van der Waals surface area (Å²) in [4.78, 5) is 4.48. The summed E-state index contributed by atoms with van der Waals surface area (Å²) in [6, 6.07) is 9.22. The Kier molecular flexibility index (Phi) is 3.05. The third kappa shape index (κ3) is 2.50. The Labute approximate surface area is 114 Å². The molecule has 1 aliphatic rings. The largest absolute Gasteiger partial charge is 0.383 e. The third-order valence-corrected chi connectivity index (χ3v) is 3.64. The maximum atomic E-state index is 6.20. The summed E-state index contributed by atoms with van der Waals surface area (Å²) in [5.41, 5.74) is 9.60. The minimum absolute atomic E-state index is 0.585. The zero-order valence-corrected chi connectivity index (χ0v) is 11.6. The second kappa shape index (κ2) is 4.72. The van der Waals surface area contributed by atoms with Crippen molar-refractivity contribution in [2.24, 2.45) is 5.92 Å². The highest BCUT2D eigenvalue weighted by Gasteiger charge is 2.26. The highest BCUT2D eigenvalue weighted by molar-refractivity contribution is 5.70. The summed E-state index contributed by atoms with van der Waals surface area (Å²) < 4.78 is 2.11. The first-order chi connectivity index (χ1) is 9.15. The second-order valence-corrected chi connectivity index (χ2v) is 5.91. The van der Waals surface area contributed by atoms with Gasteiger partial charge in [0.05, 0.1) is 6.33 Å². The van der Waals surface area contributed by atoms with Gasteiger partial charge in [-0.2, -0.15) is 0 Å². The van der Waals surface area contributed by atoms with Crippen LogP contribution in [0, 0.1) is 5.92 Å². The van der Waals surface area contributed by atoms with Gasteiger partial charge in [-0.15, -0.1) is 0 Å². The quantitative estimate of drug-likeness (QED) is 0.906. The van der Waals surface area contributed by atoms with Gasteiger partial charge in [-0.3, -0.25) is 0 Å². The van der Waals surface area contributed by atoms with Gasteiger partial charge in [0, 0.05) is 11.6 Å². The average Bonchev–Trinajstić information content (AvgIpc) is 3.14. The van der Waals surface area contributed by atoms with Gasteiger partial charge in [0.25, 0.3) is 0 Å². The van der Waals surface area contributed by atoms with Gasteiger partial charge in [-0.25, -0.2) is 4.98 Å². The number of hydrogen-bond donors (Lipinski definition) is 1.